The minimum absolute atomic E-state index is 0.109. The number of quaternary nitrogens is 1. The quantitative estimate of drug-likeness (QED) is 0.641. The molecule has 0 saturated carbocycles. The summed E-state index contributed by atoms with van der Waals surface area (Å²) in [7, 11) is 1.48. The number of rotatable bonds is 6. The summed E-state index contributed by atoms with van der Waals surface area (Å²) in [6.07, 6.45) is 2.05. The molecule has 0 spiro atoms. The van der Waals surface area contributed by atoms with Gasteiger partial charge in [-0.15, -0.1) is 0 Å². The molecule has 0 aromatic carbocycles. The Bertz CT molecular complexity index is 100. The van der Waals surface area contributed by atoms with Crippen LogP contribution in [-0.2, 0) is 4.84 Å². The summed E-state index contributed by atoms with van der Waals surface area (Å²) in [6, 6.07) is 0. The normalized spacial score (nSPS) is 14.5. The van der Waals surface area contributed by atoms with Gasteiger partial charge in [0.2, 0.25) is 0 Å². The highest BCUT2D eigenvalue weighted by molar-refractivity contribution is 4.61. The third-order valence-electron chi connectivity index (χ3n) is 1.80. The predicted octanol–water partition coefficient (Wildman–Crippen LogP) is 1.39. The van der Waals surface area contributed by atoms with E-state index in [0.29, 0.717) is 11.8 Å². The van der Waals surface area contributed by atoms with Crippen LogP contribution in [0.15, 0.2) is 0 Å². The number of hydrogen-bond donors (Lipinski definition) is 1. The van der Waals surface area contributed by atoms with E-state index in [-0.39, 0.29) is 11.3 Å². The van der Waals surface area contributed by atoms with Crippen molar-refractivity contribution >= 4 is 0 Å². The molecule has 0 bridgehead atoms. The predicted molar refractivity (Wildman–Crippen MR) is 54.0 cm³/mol. The van der Waals surface area contributed by atoms with Gasteiger partial charge in [0, 0.05) is 0 Å². The van der Waals surface area contributed by atoms with Gasteiger partial charge in [-0.1, -0.05) is 27.7 Å². The number of hydrogen-bond acceptors (Lipinski definition) is 2. The van der Waals surface area contributed by atoms with Gasteiger partial charge < -0.3 is 5.21 Å². The van der Waals surface area contributed by atoms with Crippen molar-refractivity contribution < 1.29 is 10.1 Å². The van der Waals surface area contributed by atoms with Crippen molar-refractivity contribution in [2.24, 2.45) is 11.8 Å². The van der Waals surface area contributed by atoms with Crippen LogP contribution < -0.4 is 5.23 Å². The highest BCUT2D eigenvalue weighted by Gasteiger charge is 2.15. The lowest BCUT2D eigenvalue weighted by atomic mass is 9.98. The smallest absolute Gasteiger partial charge is 0.118 e. The van der Waals surface area contributed by atoms with E-state index in [1.807, 2.05) is 0 Å². The fourth-order valence-corrected chi connectivity index (χ4v) is 1.48. The van der Waals surface area contributed by atoms with Gasteiger partial charge in [0.1, 0.15) is 6.10 Å². The van der Waals surface area contributed by atoms with Crippen molar-refractivity contribution in [2.75, 3.05) is 7.05 Å². The average molecular weight is 189 g/mol. The molecular formula is C10H23NO2. The molecule has 3 nitrogen and oxygen atoms in total. The molecule has 0 aliphatic carbocycles. The molecule has 0 fully saturated rings. The summed E-state index contributed by atoms with van der Waals surface area (Å²) in [4.78, 5) is 5.23. The summed E-state index contributed by atoms with van der Waals surface area (Å²) >= 11 is 0. The first kappa shape index (κ1) is 12.9. The Kier molecular flexibility index (Phi) is 6.29. The number of nitrogens with one attached hydrogen (secondary N) is 1. The van der Waals surface area contributed by atoms with Crippen LogP contribution in [0.3, 0.4) is 0 Å². The van der Waals surface area contributed by atoms with E-state index in [1.54, 1.807) is 0 Å². The fraction of sp³-hybridized carbons (Fsp3) is 1.00. The third kappa shape index (κ3) is 8.22. The fourth-order valence-electron chi connectivity index (χ4n) is 1.48. The van der Waals surface area contributed by atoms with Crippen LogP contribution in [0.5, 0.6) is 0 Å². The molecule has 0 saturated heterocycles. The molecule has 0 radical (unpaired) electrons. The van der Waals surface area contributed by atoms with Gasteiger partial charge in [-0.05, 0) is 24.7 Å². The van der Waals surface area contributed by atoms with Gasteiger partial charge in [-0.25, -0.2) is 10.1 Å². The lowest BCUT2D eigenvalue weighted by Crippen LogP contribution is -3.03. The van der Waals surface area contributed by atoms with Gasteiger partial charge >= 0.3 is 0 Å². The van der Waals surface area contributed by atoms with Crippen molar-refractivity contribution in [3.63, 3.8) is 0 Å². The van der Waals surface area contributed by atoms with Crippen molar-refractivity contribution in [1.29, 1.82) is 0 Å². The lowest BCUT2D eigenvalue weighted by Gasteiger charge is -2.24. The van der Waals surface area contributed by atoms with Crippen LogP contribution >= 0.6 is 0 Å². The largest absolute Gasteiger partial charge is 0.600 e. The van der Waals surface area contributed by atoms with E-state index < -0.39 is 0 Å². The maximum atomic E-state index is 10.8. The SMILES string of the molecule is CC(C)CC(CC(C)C)O[NH+](C)[O-]. The summed E-state index contributed by atoms with van der Waals surface area (Å²) in [6.45, 7) is 8.60. The zero-order valence-electron chi connectivity index (χ0n) is 9.46. The molecule has 3 heteroatoms. The maximum Gasteiger partial charge on any atom is 0.118 e. The second-order valence-electron chi connectivity index (χ2n) is 4.49. The molecule has 13 heavy (non-hydrogen) atoms. The van der Waals surface area contributed by atoms with Gasteiger partial charge in [0.15, 0.2) is 0 Å². The van der Waals surface area contributed by atoms with E-state index in [2.05, 4.69) is 27.7 Å². The topological polar surface area (TPSA) is 36.7 Å². The molecule has 1 unspecified atom stereocenters. The van der Waals surface area contributed by atoms with Gasteiger partial charge in [-0.3, -0.25) is 0 Å². The lowest BCUT2D eigenvalue weighted by molar-refractivity contribution is -1.04. The molecule has 0 rings (SSSR count). The van der Waals surface area contributed by atoms with E-state index in [9.17, 15) is 5.21 Å². The first-order valence-electron chi connectivity index (χ1n) is 5.09. The molecule has 0 aliphatic rings. The van der Waals surface area contributed by atoms with E-state index >= 15 is 0 Å². The van der Waals surface area contributed by atoms with E-state index in [0.717, 1.165) is 12.8 Å². The standard InChI is InChI=1S/C10H23NO2/c1-8(2)6-10(7-9(3)4)13-11(5)12/h8-11H,6-7H2,1-5H3. The van der Waals surface area contributed by atoms with E-state index in [1.165, 1.54) is 7.05 Å². The minimum Gasteiger partial charge on any atom is -0.600 e. The van der Waals surface area contributed by atoms with Crippen LogP contribution in [0, 0.1) is 17.0 Å². The van der Waals surface area contributed by atoms with Crippen molar-refractivity contribution in [2.45, 2.75) is 46.6 Å². The van der Waals surface area contributed by atoms with Crippen LogP contribution in [-0.4, -0.2) is 13.2 Å². The molecule has 0 aromatic rings. The molecule has 0 aliphatic heterocycles. The van der Waals surface area contributed by atoms with Crippen LogP contribution in [0.2, 0.25) is 0 Å². The average Bonchev–Trinajstić information content (AvgIpc) is 1.80. The van der Waals surface area contributed by atoms with E-state index in [4.69, 9.17) is 4.84 Å². The molecule has 0 amide bonds. The van der Waals surface area contributed by atoms with Gasteiger partial charge in [-0.2, -0.15) is 0 Å². The maximum absolute atomic E-state index is 10.8. The Morgan fingerprint density at radius 3 is 1.69 bits per heavy atom. The Balaban J connectivity index is 3.87. The Morgan fingerprint density at radius 2 is 1.46 bits per heavy atom. The first-order valence-corrected chi connectivity index (χ1v) is 5.09. The summed E-state index contributed by atoms with van der Waals surface area (Å²) < 4.78 is 0. The molecule has 1 N–H and O–H groups in total. The summed E-state index contributed by atoms with van der Waals surface area (Å²) in [5.74, 6) is 1.17. The first-order chi connectivity index (χ1) is 5.91. The van der Waals surface area contributed by atoms with Crippen molar-refractivity contribution in [1.82, 2.24) is 0 Å². The second kappa shape index (κ2) is 6.35. The van der Waals surface area contributed by atoms with Crippen LogP contribution in [0.1, 0.15) is 40.5 Å². The molecule has 0 heterocycles. The van der Waals surface area contributed by atoms with Gasteiger partial charge in [0.05, 0.1) is 7.05 Å². The number of hydroxylamine groups is 2. The summed E-state index contributed by atoms with van der Waals surface area (Å²) in [5, 5.41) is 10.6. The highest BCUT2D eigenvalue weighted by Crippen LogP contribution is 2.14. The molecular weight excluding hydrogens is 166 g/mol. The Labute approximate surface area is 81.6 Å². The van der Waals surface area contributed by atoms with Crippen LogP contribution in [0.4, 0.5) is 0 Å². The Hall–Kier alpha value is -0.120. The summed E-state index contributed by atoms with van der Waals surface area (Å²) in [5.41, 5.74) is 0. The van der Waals surface area contributed by atoms with Crippen molar-refractivity contribution in [3.8, 4) is 0 Å². The third-order valence-corrected chi connectivity index (χ3v) is 1.80. The van der Waals surface area contributed by atoms with Crippen LogP contribution in [0.25, 0.3) is 0 Å². The van der Waals surface area contributed by atoms with Crippen molar-refractivity contribution in [3.05, 3.63) is 5.21 Å². The zero-order valence-corrected chi connectivity index (χ0v) is 9.46. The highest BCUT2D eigenvalue weighted by atomic mass is 16.9. The Morgan fingerprint density at radius 1 is 1.08 bits per heavy atom. The molecule has 0 aromatic heterocycles. The molecule has 80 valence electrons. The monoisotopic (exact) mass is 189 g/mol. The second-order valence-corrected chi connectivity index (χ2v) is 4.49. The van der Waals surface area contributed by atoms with Gasteiger partial charge in [0.25, 0.3) is 0 Å². The zero-order chi connectivity index (χ0) is 10.4. The minimum atomic E-state index is -0.161. The molecule has 1 atom stereocenters.